The molecule has 0 radical (unpaired) electrons. The van der Waals surface area contributed by atoms with Gasteiger partial charge in [-0.25, -0.2) is 13.1 Å². The summed E-state index contributed by atoms with van der Waals surface area (Å²) in [7, 11) is -2.28. The van der Waals surface area contributed by atoms with E-state index in [1.165, 1.54) is 13.1 Å². The van der Waals surface area contributed by atoms with Crippen molar-refractivity contribution >= 4 is 15.9 Å². The van der Waals surface area contributed by atoms with E-state index in [9.17, 15) is 13.2 Å². The molecule has 0 aromatic heterocycles. The maximum Gasteiger partial charge on any atom is 0.255 e. The van der Waals surface area contributed by atoms with Gasteiger partial charge in [0.25, 0.3) is 5.91 Å². The lowest BCUT2D eigenvalue weighted by Crippen LogP contribution is -2.47. The van der Waals surface area contributed by atoms with Crippen LogP contribution in [0.3, 0.4) is 0 Å². The van der Waals surface area contributed by atoms with Crippen molar-refractivity contribution in [3.05, 3.63) is 23.3 Å². The zero-order valence-corrected chi connectivity index (χ0v) is 17.0. The third kappa shape index (κ3) is 4.28. The molecule has 1 aromatic carbocycles. The Balaban J connectivity index is 1.93. The Bertz CT molecular complexity index is 803. The minimum Gasteiger partial charge on any atom is -0.489 e. The van der Waals surface area contributed by atoms with E-state index in [-0.39, 0.29) is 29.0 Å². The highest BCUT2D eigenvalue weighted by Gasteiger charge is 2.31. The second-order valence-corrected chi connectivity index (χ2v) is 9.26. The van der Waals surface area contributed by atoms with Gasteiger partial charge in [-0.15, -0.1) is 0 Å². The summed E-state index contributed by atoms with van der Waals surface area (Å²) in [6.45, 7) is 4.97. The number of ether oxygens (including phenoxy) is 1. The number of nitrogens with one attached hydrogen (secondary N) is 3. The molecule has 3 rings (SSSR count). The summed E-state index contributed by atoms with van der Waals surface area (Å²) < 4.78 is 32.8. The number of sulfonamides is 1. The molecule has 1 fully saturated rings. The van der Waals surface area contributed by atoms with E-state index in [1.54, 1.807) is 6.07 Å². The quantitative estimate of drug-likeness (QED) is 0.651. The lowest BCUT2D eigenvalue weighted by molar-refractivity contribution is 0.0921. The van der Waals surface area contributed by atoms with Crippen molar-refractivity contribution in [2.45, 2.75) is 69.0 Å². The van der Waals surface area contributed by atoms with E-state index >= 15 is 0 Å². The number of fused-ring (bicyclic) bond motifs is 1. The number of carbonyl (C=O) groups excluding carboxylic acids is 1. The van der Waals surface area contributed by atoms with Crippen molar-refractivity contribution in [3.8, 4) is 5.75 Å². The molecule has 0 bridgehead atoms. The molecule has 8 heteroatoms. The number of rotatable bonds is 7. The molecule has 27 heavy (non-hydrogen) atoms. The molecule has 0 saturated carbocycles. The van der Waals surface area contributed by atoms with E-state index in [0.29, 0.717) is 17.7 Å². The number of amides is 1. The van der Waals surface area contributed by atoms with Gasteiger partial charge in [-0.3, -0.25) is 4.79 Å². The zero-order valence-electron chi connectivity index (χ0n) is 16.2. The Hall–Kier alpha value is -1.64. The summed E-state index contributed by atoms with van der Waals surface area (Å²) >= 11 is 0. The van der Waals surface area contributed by atoms with Crippen LogP contribution < -0.4 is 20.1 Å². The largest absolute Gasteiger partial charge is 0.489 e. The minimum atomic E-state index is -3.65. The fourth-order valence-electron chi connectivity index (χ4n) is 3.93. The van der Waals surface area contributed by atoms with Crippen LogP contribution in [0.15, 0.2) is 17.0 Å². The monoisotopic (exact) mass is 395 g/mol. The number of hydrogen-bond acceptors (Lipinski definition) is 5. The van der Waals surface area contributed by atoms with Crippen LogP contribution >= 0.6 is 0 Å². The van der Waals surface area contributed by atoms with Crippen LogP contribution in [0, 0.1) is 0 Å². The average molecular weight is 396 g/mol. The van der Waals surface area contributed by atoms with Crippen molar-refractivity contribution in [3.63, 3.8) is 0 Å². The van der Waals surface area contributed by atoms with Crippen LogP contribution in [0.4, 0.5) is 0 Å². The summed E-state index contributed by atoms with van der Waals surface area (Å²) in [4.78, 5) is 13.2. The van der Waals surface area contributed by atoms with Crippen LogP contribution in [-0.4, -0.2) is 46.1 Å². The first-order chi connectivity index (χ1) is 12.9. The second kappa shape index (κ2) is 8.16. The van der Waals surface area contributed by atoms with Gasteiger partial charge in [0.15, 0.2) is 0 Å². The van der Waals surface area contributed by atoms with Crippen molar-refractivity contribution in [1.29, 1.82) is 0 Å². The maximum absolute atomic E-state index is 13.1. The Labute approximate surface area is 161 Å². The van der Waals surface area contributed by atoms with Crippen molar-refractivity contribution in [1.82, 2.24) is 15.4 Å². The standard InChI is InChI=1S/C19H29N3O4S/c1-4-6-17(16-7-5-8-21-16)22-19(23)15-11-14(27(24,25)20-3)10-13-9-12(2)26-18(13)15/h10-12,16-17,20-21H,4-9H2,1-3H3,(H,22,23). The average Bonchev–Trinajstić information content (AvgIpc) is 3.28. The molecule has 0 spiro atoms. The summed E-state index contributed by atoms with van der Waals surface area (Å²) in [5.41, 5.74) is 1.06. The highest BCUT2D eigenvalue weighted by Crippen LogP contribution is 2.35. The van der Waals surface area contributed by atoms with Crippen molar-refractivity contribution < 1.29 is 17.9 Å². The predicted molar refractivity (Wildman–Crippen MR) is 104 cm³/mol. The Kier molecular flexibility index (Phi) is 6.08. The second-order valence-electron chi connectivity index (χ2n) is 7.37. The molecule has 150 valence electrons. The predicted octanol–water partition coefficient (Wildman–Crippen LogP) is 1.57. The number of benzene rings is 1. The summed E-state index contributed by atoms with van der Waals surface area (Å²) in [6, 6.07) is 3.29. The maximum atomic E-state index is 13.1. The first-order valence-corrected chi connectivity index (χ1v) is 11.2. The molecule has 1 aromatic rings. The van der Waals surface area contributed by atoms with E-state index in [0.717, 1.165) is 37.8 Å². The zero-order chi connectivity index (χ0) is 19.6. The van der Waals surface area contributed by atoms with Crippen molar-refractivity contribution in [2.24, 2.45) is 0 Å². The van der Waals surface area contributed by atoms with Gasteiger partial charge in [0.1, 0.15) is 11.9 Å². The Morgan fingerprint density at radius 2 is 2.19 bits per heavy atom. The van der Waals surface area contributed by atoms with E-state index in [4.69, 9.17) is 4.74 Å². The SMILES string of the molecule is CCCC(NC(=O)c1cc(S(=O)(=O)NC)cc2c1OC(C)C2)C1CCCN1. The fourth-order valence-corrected chi connectivity index (χ4v) is 4.74. The van der Waals surface area contributed by atoms with E-state index < -0.39 is 10.0 Å². The van der Waals surface area contributed by atoms with Gasteiger partial charge in [0.05, 0.1) is 10.5 Å². The molecule has 2 aliphatic heterocycles. The lowest BCUT2D eigenvalue weighted by Gasteiger charge is -2.25. The Morgan fingerprint density at radius 3 is 2.81 bits per heavy atom. The van der Waals surface area contributed by atoms with Gasteiger partial charge in [0, 0.05) is 18.5 Å². The van der Waals surface area contributed by atoms with Gasteiger partial charge in [-0.2, -0.15) is 0 Å². The highest BCUT2D eigenvalue weighted by molar-refractivity contribution is 7.89. The third-order valence-corrected chi connectivity index (χ3v) is 6.68. The van der Waals surface area contributed by atoms with Crippen LogP contribution in [0.1, 0.15) is 55.5 Å². The van der Waals surface area contributed by atoms with Gasteiger partial charge in [-0.1, -0.05) is 13.3 Å². The molecule has 2 aliphatic rings. The van der Waals surface area contributed by atoms with Gasteiger partial charge >= 0.3 is 0 Å². The smallest absolute Gasteiger partial charge is 0.255 e. The van der Waals surface area contributed by atoms with E-state index in [1.807, 2.05) is 6.92 Å². The molecule has 1 saturated heterocycles. The van der Waals surface area contributed by atoms with E-state index in [2.05, 4.69) is 22.3 Å². The Morgan fingerprint density at radius 1 is 1.41 bits per heavy atom. The summed E-state index contributed by atoms with van der Waals surface area (Å²) in [5, 5.41) is 6.57. The first-order valence-electron chi connectivity index (χ1n) is 9.67. The molecule has 7 nitrogen and oxygen atoms in total. The van der Waals surface area contributed by atoms with Gasteiger partial charge < -0.3 is 15.4 Å². The third-order valence-electron chi connectivity index (χ3n) is 5.29. The molecule has 0 aliphatic carbocycles. The minimum absolute atomic E-state index is 0.0176. The first kappa shape index (κ1) is 20.1. The molecule has 2 heterocycles. The van der Waals surface area contributed by atoms with Gasteiger partial charge in [-0.05, 0) is 57.5 Å². The normalized spacial score (nSPS) is 22.9. The van der Waals surface area contributed by atoms with Crippen LogP contribution in [0.5, 0.6) is 5.75 Å². The fraction of sp³-hybridized carbons (Fsp3) is 0.632. The van der Waals surface area contributed by atoms with Crippen LogP contribution in [0.25, 0.3) is 0 Å². The summed E-state index contributed by atoms with van der Waals surface area (Å²) in [6.07, 6.45) is 4.48. The molecule has 1 amide bonds. The molecular formula is C19H29N3O4S. The topological polar surface area (TPSA) is 96.5 Å². The molecule has 3 atom stereocenters. The summed E-state index contributed by atoms with van der Waals surface area (Å²) in [5.74, 6) is 0.227. The number of hydrogen-bond donors (Lipinski definition) is 3. The molecular weight excluding hydrogens is 366 g/mol. The van der Waals surface area contributed by atoms with Crippen LogP contribution in [-0.2, 0) is 16.4 Å². The molecule has 3 N–H and O–H groups in total. The highest BCUT2D eigenvalue weighted by atomic mass is 32.2. The van der Waals surface area contributed by atoms with Crippen LogP contribution in [0.2, 0.25) is 0 Å². The molecule has 3 unspecified atom stereocenters. The van der Waals surface area contributed by atoms with Crippen molar-refractivity contribution in [2.75, 3.05) is 13.6 Å². The number of carbonyl (C=O) groups is 1. The van der Waals surface area contributed by atoms with Gasteiger partial charge in [0.2, 0.25) is 10.0 Å². The lowest BCUT2D eigenvalue weighted by atomic mass is 10.0.